The van der Waals surface area contributed by atoms with Gasteiger partial charge in [-0.15, -0.1) is 0 Å². The molecule has 0 spiro atoms. The normalized spacial score (nSPS) is 23.7. The third-order valence-electron chi connectivity index (χ3n) is 2.90. The summed E-state index contributed by atoms with van der Waals surface area (Å²) >= 11 is 5.97. The van der Waals surface area contributed by atoms with Crippen molar-refractivity contribution in [1.29, 1.82) is 0 Å². The Morgan fingerprint density at radius 3 is 2.80 bits per heavy atom. The third-order valence-corrected chi connectivity index (χ3v) is 3.25. The quantitative estimate of drug-likeness (QED) is 0.816. The first kappa shape index (κ1) is 10.9. The van der Waals surface area contributed by atoms with E-state index in [9.17, 15) is 4.39 Å². The third kappa shape index (κ3) is 2.50. The Kier molecular flexibility index (Phi) is 3.60. The summed E-state index contributed by atoms with van der Waals surface area (Å²) in [5.41, 5.74) is 0.610. The molecule has 1 aliphatic heterocycles. The average Bonchev–Trinajstić information content (AvgIpc) is 2.30. The Bertz CT molecular complexity index is 323. The summed E-state index contributed by atoms with van der Waals surface area (Å²) < 4.78 is 14.1. The van der Waals surface area contributed by atoms with Gasteiger partial charge in [-0.2, -0.15) is 0 Å². The van der Waals surface area contributed by atoms with Crippen LogP contribution in [0.25, 0.3) is 0 Å². The SMILES string of the molecule is FC(c1ccccc1Cl)C1CCCCN1. The lowest BCUT2D eigenvalue weighted by Gasteiger charge is -2.27. The number of halogens is 2. The minimum Gasteiger partial charge on any atom is -0.311 e. The molecule has 0 aliphatic carbocycles. The van der Waals surface area contributed by atoms with Gasteiger partial charge in [0.1, 0.15) is 6.17 Å². The van der Waals surface area contributed by atoms with Crippen molar-refractivity contribution in [2.24, 2.45) is 0 Å². The fourth-order valence-electron chi connectivity index (χ4n) is 2.04. The van der Waals surface area contributed by atoms with Gasteiger partial charge in [0.25, 0.3) is 0 Å². The molecule has 0 bridgehead atoms. The summed E-state index contributed by atoms with van der Waals surface area (Å²) in [6.07, 6.45) is 2.15. The maximum atomic E-state index is 14.1. The smallest absolute Gasteiger partial charge is 0.142 e. The monoisotopic (exact) mass is 227 g/mol. The summed E-state index contributed by atoms with van der Waals surface area (Å²) in [4.78, 5) is 0. The van der Waals surface area contributed by atoms with Crippen molar-refractivity contribution in [1.82, 2.24) is 5.32 Å². The Balaban J connectivity index is 2.12. The molecule has 1 aromatic rings. The number of rotatable bonds is 2. The molecule has 1 N–H and O–H groups in total. The van der Waals surface area contributed by atoms with Gasteiger partial charge in [-0.3, -0.25) is 0 Å². The van der Waals surface area contributed by atoms with E-state index in [2.05, 4.69) is 5.32 Å². The van der Waals surface area contributed by atoms with E-state index in [0.717, 1.165) is 25.8 Å². The molecule has 2 unspecified atom stereocenters. The minimum atomic E-state index is -0.987. The number of piperidine rings is 1. The standard InChI is InChI=1S/C12H15ClFN/c13-10-6-2-1-5-9(10)12(14)11-7-3-4-8-15-11/h1-2,5-6,11-12,15H,3-4,7-8H2. The number of alkyl halides is 1. The molecule has 2 atom stereocenters. The highest BCUT2D eigenvalue weighted by Gasteiger charge is 2.25. The maximum absolute atomic E-state index is 14.1. The van der Waals surface area contributed by atoms with E-state index in [0.29, 0.717) is 10.6 Å². The van der Waals surface area contributed by atoms with Gasteiger partial charge < -0.3 is 5.32 Å². The molecule has 1 fully saturated rings. The lowest BCUT2D eigenvalue weighted by atomic mass is 9.96. The first-order chi connectivity index (χ1) is 7.29. The van der Waals surface area contributed by atoms with Gasteiger partial charge in [-0.25, -0.2) is 4.39 Å². The largest absolute Gasteiger partial charge is 0.311 e. The predicted octanol–water partition coefficient (Wildman–Crippen LogP) is 3.49. The van der Waals surface area contributed by atoms with Gasteiger partial charge in [0.15, 0.2) is 0 Å². The molecule has 1 heterocycles. The second-order valence-electron chi connectivity index (χ2n) is 3.98. The molecule has 15 heavy (non-hydrogen) atoms. The summed E-state index contributed by atoms with van der Waals surface area (Å²) in [7, 11) is 0. The van der Waals surface area contributed by atoms with Crippen LogP contribution in [-0.2, 0) is 0 Å². The van der Waals surface area contributed by atoms with Gasteiger partial charge >= 0.3 is 0 Å². The minimum absolute atomic E-state index is 0.0707. The van der Waals surface area contributed by atoms with Crippen LogP contribution in [0.15, 0.2) is 24.3 Å². The molecule has 1 saturated heterocycles. The highest BCUT2D eigenvalue weighted by atomic mass is 35.5. The van der Waals surface area contributed by atoms with Crippen molar-refractivity contribution in [2.45, 2.75) is 31.5 Å². The molecule has 0 radical (unpaired) electrons. The first-order valence-corrected chi connectivity index (χ1v) is 5.79. The molecule has 1 nitrogen and oxygen atoms in total. The Labute approximate surface area is 94.6 Å². The second-order valence-corrected chi connectivity index (χ2v) is 4.39. The molecule has 1 aliphatic rings. The van der Waals surface area contributed by atoms with Gasteiger partial charge in [0.2, 0.25) is 0 Å². The fraction of sp³-hybridized carbons (Fsp3) is 0.500. The van der Waals surface area contributed by atoms with Crippen LogP contribution >= 0.6 is 11.6 Å². The summed E-state index contributed by atoms with van der Waals surface area (Å²) in [5, 5.41) is 3.74. The molecule has 0 saturated carbocycles. The molecule has 82 valence electrons. The zero-order valence-electron chi connectivity index (χ0n) is 8.55. The van der Waals surface area contributed by atoms with E-state index in [1.807, 2.05) is 12.1 Å². The van der Waals surface area contributed by atoms with Crippen molar-refractivity contribution in [3.8, 4) is 0 Å². The zero-order chi connectivity index (χ0) is 10.7. The fourth-order valence-corrected chi connectivity index (χ4v) is 2.28. The molecule has 1 aromatic carbocycles. The van der Waals surface area contributed by atoms with Crippen LogP contribution in [0, 0.1) is 0 Å². The average molecular weight is 228 g/mol. The lowest BCUT2D eigenvalue weighted by molar-refractivity contribution is 0.221. The van der Waals surface area contributed by atoms with Crippen molar-refractivity contribution in [3.05, 3.63) is 34.9 Å². The highest BCUT2D eigenvalue weighted by molar-refractivity contribution is 6.31. The Hall–Kier alpha value is -0.600. The van der Waals surface area contributed by atoms with Gasteiger partial charge in [0, 0.05) is 16.6 Å². The van der Waals surface area contributed by atoms with E-state index >= 15 is 0 Å². The van der Waals surface area contributed by atoms with E-state index in [1.54, 1.807) is 12.1 Å². The number of hydrogen-bond acceptors (Lipinski definition) is 1. The number of nitrogens with one attached hydrogen (secondary N) is 1. The van der Waals surface area contributed by atoms with Crippen LogP contribution in [0.3, 0.4) is 0 Å². The van der Waals surface area contributed by atoms with Crippen LogP contribution < -0.4 is 5.32 Å². The van der Waals surface area contributed by atoms with E-state index in [-0.39, 0.29) is 6.04 Å². The van der Waals surface area contributed by atoms with E-state index in [1.165, 1.54) is 0 Å². The first-order valence-electron chi connectivity index (χ1n) is 5.41. The van der Waals surface area contributed by atoms with Crippen LogP contribution in [0.1, 0.15) is 31.0 Å². The Morgan fingerprint density at radius 2 is 2.13 bits per heavy atom. The van der Waals surface area contributed by atoms with Crippen molar-refractivity contribution in [2.75, 3.05) is 6.54 Å². The van der Waals surface area contributed by atoms with Gasteiger partial charge in [-0.1, -0.05) is 36.2 Å². The zero-order valence-corrected chi connectivity index (χ0v) is 9.30. The molecular formula is C12H15ClFN. The van der Waals surface area contributed by atoms with Crippen LogP contribution in [0.4, 0.5) is 4.39 Å². The van der Waals surface area contributed by atoms with Gasteiger partial charge in [0.05, 0.1) is 0 Å². The summed E-state index contributed by atoms with van der Waals surface area (Å²) in [6.45, 7) is 0.912. The van der Waals surface area contributed by atoms with Crippen molar-refractivity contribution < 1.29 is 4.39 Å². The Morgan fingerprint density at radius 1 is 1.33 bits per heavy atom. The van der Waals surface area contributed by atoms with Crippen LogP contribution in [0.5, 0.6) is 0 Å². The van der Waals surface area contributed by atoms with Gasteiger partial charge in [-0.05, 0) is 25.5 Å². The summed E-state index contributed by atoms with van der Waals surface area (Å²) in [5.74, 6) is 0. The van der Waals surface area contributed by atoms with Crippen LogP contribution in [-0.4, -0.2) is 12.6 Å². The highest BCUT2D eigenvalue weighted by Crippen LogP contribution is 2.31. The topological polar surface area (TPSA) is 12.0 Å². The van der Waals surface area contributed by atoms with Crippen molar-refractivity contribution in [3.63, 3.8) is 0 Å². The molecule has 0 amide bonds. The number of benzene rings is 1. The summed E-state index contributed by atoms with van der Waals surface area (Å²) in [6, 6.07) is 7.10. The molecule has 0 aromatic heterocycles. The maximum Gasteiger partial charge on any atom is 0.142 e. The molecule has 3 heteroatoms. The van der Waals surface area contributed by atoms with Crippen molar-refractivity contribution >= 4 is 11.6 Å². The number of hydrogen-bond donors (Lipinski definition) is 1. The molecule has 2 rings (SSSR count). The lowest BCUT2D eigenvalue weighted by Crippen LogP contribution is -2.37. The van der Waals surface area contributed by atoms with E-state index < -0.39 is 6.17 Å². The predicted molar refractivity (Wildman–Crippen MR) is 60.9 cm³/mol. The second kappa shape index (κ2) is 4.95. The van der Waals surface area contributed by atoms with E-state index in [4.69, 9.17) is 11.6 Å². The van der Waals surface area contributed by atoms with Crippen LogP contribution in [0.2, 0.25) is 5.02 Å². The molecular weight excluding hydrogens is 213 g/mol.